The van der Waals surface area contributed by atoms with Crippen LogP contribution in [0.4, 0.5) is 16.2 Å². The molecule has 3 amide bonds. The van der Waals surface area contributed by atoms with Crippen LogP contribution >= 0.6 is 0 Å². The second-order valence-electron chi connectivity index (χ2n) is 7.21. The first kappa shape index (κ1) is 19.0. The Kier molecular flexibility index (Phi) is 6.47. The second-order valence-corrected chi connectivity index (χ2v) is 7.21. The lowest BCUT2D eigenvalue weighted by atomic mass is 10.0. The van der Waals surface area contributed by atoms with Crippen molar-refractivity contribution < 1.29 is 9.59 Å². The van der Waals surface area contributed by atoms with Crippen LogP contribution in [0.2, 0.25) is 0 Å². The van der Waals surface area contributed by atoms with Crippen molar-refractivity contribution in [2.24, 2.45) is 5.92 Å². The Morgan fingerprint density at radius 3 is 2.15 bits per heavy atom. The molecular formula is C22H27N3O2. The lowest BCUT2D eigenvalue weighted by Crippen LogP contribution is -2.28. The normalized spacial score (nSPS) is 15.1. The molecule has 142 valence electrons. The Balaban J connectivity index is 1.48. The fraction of sp³-hybridized carbons (Fsp3) is 0.364. The summed E-state index contributed by atoms with van der Waals surface area (Å²) < 4.78 is 0. The number of carbonyl (C=O) groups is 2. The van der Waals surface area contributed by atoms with Gasteiger partial charge in [-0.25, -0.2) is 4.79 Å². The smallest absolute Gasteiger partial charge is 0.323 e. The maximum Gasteiger partial charge on any atom is 0.323 e. The van der Waals surface area contributed by atoms with Crippen LogP contribution in [-0.4, -0.2) is 11.9 Å². The summed E-state index contributed by atoms with van der Waals surface area (Å²) in [5, 5.41) is 8.67. The minimum absolute atomic E-state index is 0.0499. The third-order valence-electron chi connectivity index (χ3n) is 5.03. The number of para-hydroxylation sites is 1. The number of hydrogen-bond donors (Lipinski definition) is 3. The van der Waals surface area contributed by atoms with Gasteiger partial charge in [0.25, 0.3) is 0 Å². The minimum atomic E-state index is -0.285. The number of amides is 3. The minimum Gasteiger partial charge on any atom is -0.350 e. The Morgan fingerprint density at radius 1 is 0.926 bits per heavy atom. The van der Waals surface area contributed by atoms with Gasteiger partial charge >= 0.3 is 6.03 Å². The Hall–Kier alpha value is -2.82. The lowest BCUT2D eigenvalue weighted by molar-refractivity contribution is -0.122. The molecule has 27 heavy (non-hydrogen) atoms. The average molecular weight is 365 g/mol. The van der Waals surface area contributed by atoms with Crippen LogP contribution in [0.15, 0.2) is 54.6 Å². The standard InChI is InChI=1S/C22H27N3O2/c1-16(23-21(26)15-17-7-5-6-8-17)18-11-13-20(14-12-18)25-22(27)24-19-9-3-2-4-10-19/h2-4,9-14,16-17H,5-8,15H2,1H3,(H,23,26)(H2,24,25,27). The molecule has 2 aromatic rings. The quantitative estimate of drug-likeness (QED) is 0.667. The number of urea groups is 1. The van der Waals surface area contributed by atoms with Gasteiger partial charge in [0.15, 0.2) is 0 Å². The lowest BCUT2D eigenvalue weighted by Gasteiger charge is -2.17. The van der Waals surface area contributed by atoms with Gasteiger partial charge in [0.05, 0.1) is 6.04 Å². The van der Waals surface area contributed by atoms with Crippen molar-refractivity contribution in [1.29, 1.82) is 0 Å². The fourth-order valence-electron chi connectivity index (χ4n) is 3.53. The maximum absolute atomic E-state index is 12.2. The van der Waals surface area contributed by atoms with Crippen LogP contribution in [0.3, 0.4) is 0 Å². The van der Waals surface area contributed by atoms with E-state index in [9.17, 15) is 9.59 Å². The van der Waals surface area contributed by atoms with Crippen molar-refractivity contribution in [2.75, 3.05) is 10.6 Å². The molecule has 0 saturated heterocycles. The van der Waals surface area contributed by atoms with Gasteiger partial charge in [-0.15, -0.1) is 0 Å². The van der Waals surface area contributed by atoms with Gasteiger partial charge in [-0.2, -0.15) is 0 Å². The fourth-order valence-corrected chi connectivity index (χ4v) is 3.53. The molecule has 0 aromatic heterocycles. The van der Waals surface area contributed by atoms with Crippen LogP contribution in [0.1, 0.15) is 50.6 Å². The van der Waals surface area contributed by atoms with Crippen molar-refractivity contribution in [3.05, 3.63) is 60.2 Å². The van der Waals surface area contributed by atoms with Gasteiger partial charge in [0, 0.05) is 17.8 Å². The van der Waals surface area contributed by atoms with Crippen molar-refractivity contribution in [2.45, 2.75) is 45.1 Å². The highest BCUT2D eigenvalue weighted by Gasteiger charge is 2.19. The predicted octanol–water partition coefficient (Wildman–Crippen LogP) is 5.09. The Bertz CT molecular complexity index is 753. The molecule has 1 unspecified atom stereocenters. The summed E-state index contributed by atoms with van der Waals surface area (Å²) in [5.41, 5.74) is 2.46. The summed E-state index contributed by atoms with van der Waals surface area (Å²) >= 11 is 0. The molecule has 5 heteroatoms. The second kappa shape index (κ2) is 9.21. The van der Waals surface area contributed by atoms with Gasteiger partial charge in [-0.05, 0) is 55.5 Å². The summed E-state index contributed by atoms with van der Waals surface area (Å²) in [6.45, 7) is 1.98. The Morgan fingerprint density at radius 2 is 1.52 bits per heavy atom. The van der Waals surface area contributed by atoms with Gasteiger partial charge < -0.3 is 16.0 Å². The van der Waals surface area contributed by atoms with E-state index in [0.717, 1.165) is 11.3 Å². The summed E-state index contributed by atoms with van der Waals surface area (Å²) in [7, 11) is 0. The molecule has 1 aliphatic rings. The molecule has 0 spiro atoms. The topological polar surface area (TPSA) is 70.2 Å². The summed E-state index contributed by atoms with van der Waals surface area (Å²) in [6.07, 6.45) is 5.48. The molecular weight excluding hydrogens is 338 g/mol. The van der Waals surface area contributed by atoms with Crippen LogP contribution in [-0.2, 0) is 4.79 Å². The molecule has 1 aliphatic carbocycles. The van der Waals surface area contributed by atoms with Crippen molar-refractivity contribution in [1.82, 2.24) is 5.32 Å². The van der Waals surface area contributed by atoms with Gasteiger partial charge in [-0.1, -0.05) is 43.2 Å². The van der Waals surface area contributed by atoms with E-state index < -0.39 is 0 Å². The molecule has 0 radical (unpaired) electrons. The van der Waals surface area contributed by atoms with E-state index in [2.05, 4.69) is 16.0 Å². The van der Waals surface area contributed by atoms with E-state index in [0.29, 0.717) is 18.0 Å². The zero-order valence-corrected chi connectivity index (χ0v) is 15.7. The van der Waals surface area contributed by atoms with Crippen LogP contribution in [0, 0.1) is 5.92 Å². The van der Waals surface area contributed by atoms with E-state index in [1.54, 1.807) is 0 Å². The van der Waals surface area contributed by atoms with Crippen molar-refractivity contribution in [3.8, 4) is 0 Å². The van der Waals surface area contributed by atoms with Crippen LogP contribution < -0.4 is 16.0 Å². The largest absolute Gasteiger partial charge is 0.350 e. The molecule has 0 heterocycles. The molecule has 1 fully saturated rings. The summed E-state index contributed by atoms with van der Waals surface area (Å²) in [4.78, 5) is 24.2. The molecule has 1 atom stereocenters. The van der Waals surface area contributed by atoms with Crippen LogP contribution in [0.5, 0.6) is 0 Å². The number of hydrogen-bond acceptors (Lipinski definition) is 2. The van der Waals surface area contributed by atoms with E-state index in [1.165, 1.54) is 25.7 Å². The molecule has 0 aliphatic heterocycles. The number of carbonyl (C=O) groups excluding carboxylic acids is 2. The van der Waals surface area contributed by atoms with Gasteiger partial charge in [0.1, 0.15) is 0 Å². The van der Waals surface area contributed by atoms with Gasteiger partial charge in [0.2, 0.25) is 5.91 Å². The Labute approximate surface area is 160 Å². The third-order valence-corrected chi connectivity index (χ3v) is 5.03. The van der Waals surface area contributed by atoms with Crippen LogP contribution in [0.25, 0.3) is 0 Å². The monoisotopic (exact) mass is 365 g/mol. The van der Waals surface area contributed by atoms with Gasteiger partial charge in [-0.3, -0.25) is 4.79 Å². The molecule has 2 aromatic carbocycles. The third kappa shape index (κ3) is 5.84. The molecule has 5 nitrogen and oxygen atoms in total. The molecule has 0 bridgehead atoms. The van der Waals surface area contributed by atoms with E-state index in [-0.39, 0.29) is 18.0 Å². The number of rotatable bonds is 6. The molecule has 3 rings (SSSR count). The number of anilines is 2. The average Bonchev–Trinajstić information content (AvgIpc) is 3.15. The first-order valence-corrected chi connectivity index (χ1v) is 9.62. The van der Waals surface area contributed by atoms with E-state index >= 15 is 0 Å². The van der Waals surface area contributed by atoms with Crippen molar-refractivity contribution in [3.63, 3.8) is 0 Å². The van der Waals surface area contributed by atoms with E-state index in [4.69, 9.17) is 0 Å². The zero-order chi connectivity index (χ0) is 19.1. The predicted molar refractivity (Wildman–Crippen MR) is 109 cm³/mol. The molecule has 1 saturated carbocycles. The highest BCUT2D eigenvalue weighted by Crippen LogP contribution is 2.27. The number of nitrogens with one attached hydrogen (secondary N) is 3. The first-order valence-electron chi connectivity index (χ1n) is 9.62. The highest BCUT2D eigenvalue weighted by molar-refractivity contribution is 5.99. The summed E-state index contributed by atoms with van der Waals surface area (Å²) in [5.74, 6) is 0.672. The zero-order valence-electron chi connectivity index (χ0n) is 15.7. The molecule has 3 N–H and O–H groups in total. The van der Waals surface area contributed by atoms with Crippen molar-refractivity contribution >= 4 is 23.3 Å². The summed E-state index contributed by atoms with van der Waals surface area (Å²) in [6, 6.07) is 16.5. The first-order chi connectivity index (χ1) is 13.1. The number of benzene rings is 2. The maximum atomic E-state index is 12.2. The van der Waals surface area contributed by atoms with E-state index in [1.807, 2.05) is 61.5 Å². The highest BCUT2D eigenvalue weighted by atomic mass is 16.2. The SMILES string of the molecule is CC(NC(=O)CC1CCCC1)c1ccc(NC(=O)Nc2ccccc2)cc1.